The monoisotopic (exact) mass is 363 g/mol. The second-order valence-corrected chi connectivity index (χ2v) is 7.69. The van der Waals surface area contributed by atoms with Crippen LogP contribution in [0.15, 0.2) is 30.5 Å². The third-order valence-corrected chi connectivity index (χ3v) is 5.81. The van der Waals surface area contributed by atoms with Gasteiger partial charge in [-0.3, -0.25) is 4.79 Å². The molecule has 0 unspecified atom stereocenters. The molecule has 2 bridgehead atoms. The Morgan fingerprint density at radius 3 is 2.71 bits per heavy atom. The Morgan fingerprint density at radius 1 is 1.29 bits per heavy atom. The zero-order valence-corrected chi connectivity index (χ0v) is 14.6. The van der Waals surface area contributed by atoms with Gasteiger partial charge in [-0.2, -0.15) is 0 Å². The lowest BCUT2D eigenvalue weighted by Crippen LogP contribution is -2.57. The molecule has 3 aliphatic heterocycles. The van der Waals surface area contributed by atoms with Crippen molar-refractivity contribution in [2.45, 2.75) is 18.9 Å². The molecule has 0 saturated carbocycles. The van der Waals surface area contributed by atoms with Crippen LogP contribution in [-0.4, -0.2) is 41.5 Å². The molecule has 3 fully saturated rings. The van der Waals surface area contributed by atoms with Crippen LogP contribution in [0.5, 0.6) is 10.8 Å². The van der Waals surface area contributed by atoms with E-state index in [9.17, 15) is 4.79 Å². The fourth-order valence-corrected chi connectivity index (χ4v) is 4.21. The van der Waals surface area contributed by atoms with Gasteiger partial charge in [0, 0.05) is 17.6 Å². The van der Waals surface area contributed by atoms with Crippen LogP contribution in [0.1, 0.15) is 22.6 Å². The number of nitrogens with zero attached hydrogens (tertiary/aromatic N) is 2. The van der Waals surface area contributed by atoms with Crippen molar-refractivity contribution in [3.63, 3.8) is 0 Å². The maximum absolute atomic E-state index is 12.4. The summed E-state index contributed by atoms with van der Waals surface area (Å²) >= 11 is 7.11. The van der Waals surface area contributed by atoms with Crippen LogP contribution in [0, 0.1) is 5.92 Å². The quantitative estimate of drug-likeness (QED) is 0.904. The van der Waals surface area contributed by atoms with Crippen molar-refractivity contribution in [3.8, 4) is 10.8 Å². The third-order valence-electron chi connectivity index (χ3n) is 4.68. The van der Waals surface area contributed by atoms with Gasteiger partial charge in [-0.1, -0.05) is 22.9 Å². The fraction of sp³-hybridized carbons (Fsp3) is 0.412. The number of aromatic nitrogens is 1. The Labute approximate surface area is 149 Å². The molecule has 24 heavy (non-hydrogen) atoms. The minimum atomic E-state index is -0.107. The number of halogens is 1. The number of nitrogens with one attached hydrogen (secondary N) is 1. The zero-order chi connectivity index (χ0) is 16.5. The molecule has 0 aliphatic carbocycles. The summed E-state index contributed by atoms with van der Waals surface area (Å²) in [6.45, 7) is 3.27. The normalized spacial score (nSPS) is 25.5. The third kappa shape index (κ3) is 3.41. The van der Waals surface area contributed by atoms with E-state index < -0.39 is 0 Å². The number of fused-ring (bicyclic) bond motifs is 3. The van der Waals surface area contributed by atoms with Gasteiger partial charge in [-0.25, -0.2) is 4.98 Å². The van der Waals surface area contributed by atoms with Crippen LogP contribution >= 0.6 is 22.9 Å². The van der Waals surface area contributed by atoms with E-state index >= 15 is 0 Å². The average Bonchev–Trinajstić information content (AvgIpc) is 3.07. The molecule has 1 N–H and O–H groups in total. The van der Waals surface area contributed by atoms with E-state index in [0.717, 1.165) is 19.6 Å². The van der Waals surface area contributed by atoms with Crippen molar-refractivity contribution in [2.24, 2.45) is 5.92 Å². The first kappa shape index (κ1) is 15.9. The van der Waals surface area contributed by atoms with Crippen molar-refractivity contribution >= 4 is 28.8 Å². The van der Waals surface area contributed by atoms with Gasteiger partial charge in [0.15, 0.2) is 5.01 Å². The van der Waals surface area contributed by atoms with Crippen LogP contribution in [-0.2, 0) is 0 Å². The Morgan fingerprint density at radius 2 is 2.04 bits per heavy atom. The van der Waals surface area contributed by atoms with Crippen molar-refractivity contribution in [1.82, 2.24) is 15.2 Å². The van der Waals surface area contributed by atoms with E-state index in [1.807, 2.05) is 0 Å². The molecule has 3 aliphatic rings. The molecule has 0 radical (unpaired) electrons. The van der Waals surface area contributed by atoms with Gasteiger partial charge < -0.3 is 15.0 Å². The Hall–Kier alpha value is -1.63. The SMILES string of the molecule is O=C(N[C@H]1CN2CCC1CC2)c1ncc(Oc2ccc(Cl)cc2)s1. The van der Waals surface area contributed by atoms with Crippen LogP contribution in [0.2, 0.25) is 5.02 Å². The predicted octanol–water partition coefficient (Wildman–Crippen LogP) is 3.41. The maximum atomic E-state index is 12.4. The first-order valence-corrected chi connectivity index (χ1v) is 9.29. The van der Waals surface area contributed by atoms with Gasteiger partial charge in [0.2, 0.25) is 5.06 Å². The van der Waals surface area contributed by atoms with Gasteiger partial charge in [0.05, 0.1) is 6.20 Å². The van der Waals surface area contributed by atoms with Crippen molar-refractivity contribution < 1.29 is 9.53 Å². The number of ether oxygens (including phenoxy) is 1. The Balaban J connectivity index is 1.39. The lowest BCUT2D eigenvalue weighted by molar-refractivity contribution is 0.0620. The van der Waals surface area contributed by atoms with Crippen molar-refractivity contribution in [1.29, 1.82) is 0 Å². The highest BCUT2D eigenvalue weighted by atomic mass is 35.5. The topological polar surface area (TPSA) is 54.5 Å². The van der Waals surface area contributed by atoms with Gasteiger partial charge in [0.25, 0.3) is 5.91 Å². The largest absolute Gasteiger partial charge is 0.445 e. The smallest absolute Gasteiger partial charge is 0.280 e. The molecule has 0 spiro atoms. The summed E-state index contributed by atoms with van der Waals surface area (Å²) in [6, 6.07) is 7.34. The molecule has 1 atom stereocenters. The van der Waals surface area contributed by atoms with Crippen LogP contribution in [0.25, 0.3) is 0 Å². The number of rotatable bonds is 4. The number of hydrogen-bond acceptors (Lipinski definition) is 5. The molecule has 2 aromatic rings. The molecule has 1 aromatic carbocycles. The summed E-state index contributed by atoms with van der Waals surface area (Å²) in [5, 5.41) is 4.84. The first-order chi connectivity index (χ1) is 11.7. The standard InChI is InChI=1S/C17H18ClN3O2S/c18-12-1-3-13(4-2-12)23-15-9-19-17(24-15)16(22)20-14-10-21-7-5-11(14)6-8-21/h1-4,9,11,14H,5-8,10H2,(H,20,22)/t14-/m0/s1. The summed E-state index contributed by atoms with van der Waals surface area (Å²) in [4.78, 5) is 19.1. The highest BCUT2D eigenvalue weighted by molar-refractivity contribution is 7.15. The van der Waals surface area contributed by atoms with E-state index in [1.54, 1.807) is 30.5 Å². The molecule has 7 heteroatoms. The molecule has 126 valence electrons. The zero-order valence-electron chi connectivity index (χ0n) is 13.1. The molecule has 5 rings (SSSR count). The number of carbonyl (C=O) groups excluding carboxylic acids is 1. The molecule has 5 nitrogen and oxygen atoms in total. The highest BCUT2D eigenvalue weighted by Gasteiger charge is 2.35. The van der Waals surface area contributed by atoms with E-state index in [-0.39, 0.29) is 11.9 Å². The Kier molecular flexibility index (Phi) is 4.43. The Bertz CT molecular complexity index is 726. The fourth-order valence-electron chi connectivity index (χ4n) is 3.39. The van der Waals surface area contributed by atoms with Gasteiger partial charge >= 0.3 is 0 Å². The van der Waals surface area contributed by atoms with Gasteiger partial charge in [-0.15, -0.1) is 0 Å². The van der Waals surface area contributed by atoms with Crippen LogP contribution < -0.4 is 10.1 Å². The van der Waals surface area contributed by atoms with E-state index in [2.05, 4.69) is 15.2 Å². The first-order valence-electron chi connectivity index (χ1n) is 8.10. The summed E-state index contributed by atoms with van der Waals surface area (Å²) < 4.78 is 5.71. The average molecular weight is 364 g/mol. The van der Waals surface area contributed by atoms with Gasteiger partial charge in [-0.05, 0) is 56.1 Å². The number of carbonyl (C=O) groups is 1. The highest BCUT2D eigenvalue weighted by Crippen LogP contribution is 2.30. The second kappa shape index (κ2) is 6.70. The number of amides is 1. The van der Waals surface area contributed by atoms with Crippen molar-refractivity contribution in [2.75, 3.05) is 19.6 Å². The van der Waals surface area contributed by atoms with Crippen molar-refractivity contribution in [3.05, 3.63) is 40.5 Å². The maximum Gasteiger partial charge on any atom is 0.280 e. The minimum absolute atomic E-state index is 0.107. The second-order valence-electron chi connectivity index (χ2n) is 6.26. The molecular weight excluding hydrogens is 346 g/mol. The summed E-state index contributed by atoms with van der Waals surface area (Å²) in [7, 11) is 0. The minimum Gasteiger partial charge on any atom is -0.445 e. The molecule has 1 amide bonds. The summed E-state index contributed by atoms with van der Waals surface area (Å²) in [5.41, 5.74) is 0. The number of benzene rings is 1. The van der Waals surface area contributed by atoms with E-state index in [1.165, 1.54) is 24.2 Å². The number of piperidine rings is 3. The summed E-state index contributed by atoms with van der Waals surface area (Å²) in [5.74, 6) is 1.17. The van der Waals surface area contributed by atoms with Crippen LogP contribution in [0.3, 0.4) is 0 Å². The molecular formula is C17H18ClN3O2S. The summed E-state index contributed by atoms with van der Waals surface area (Å²) in [6.07, 6.45) is 3.94. The van der Waals surface area contributed by atoms with E-state index in [4.69, 9.17) is 16.3 Å². The van der Waals surface area contributed by atoms with E-state index in [0.29, 0.717) is 26.8 Å². The molecule has 3 saturated heterocycles. The molecule has 1 aromatic heterocycles. The van der Waals surface area contributed by atoms with Gasteiger partial charge in [0.1, 0.15) is 5.75 Å². The number of hydrogen-bond donors (Lipinski definition) is 1. The lowest BCUT2D eigenvalue weighted by Gasteiger charge is -2.44. The van der Waals surface area contributed by atoms with Crippen LogP contribution in [0.4, 0.5) is 0 Å². The lowest BCUT2D eigenvalue weighted by atomic mass is 9.84. The number of thiazole rings is 1. The predicted molar refractivity (Wildman–Crippen MR) is 94.1 cm³/mol. The molecule has 4 heterocycles.